The van der Waals surface area contributed by atoms with E-state index in [1.54, 1.807) is 19.1 Å². The summed E-state index contributed by atoms with van der Waals surface area (Å²) in [4.78, 5) is 79.7. The third-order valence-corrected chi connectivity index (χ3v) is 9.00. The van der Waals surface area contributed by atoms with Gasteiger partial charge in [-0.1, -0.05) is 74.5 Å². The molecule has 0 unspecified atom stereocenters. The van der Waals surface area contributed by atoms with Gasteiger partial charge in [0.15, 0.2) is 13.2 Å². The molecule has 0 aliphatic carbocycles. The highest BCUT2D eigenvalue weighted by Gasteiger charge is 2.29. The van der Waals surface area contributed by atoms with Gasteiger partial charge in [-0.05, 0) is 43.0 Å². The second-order valence-electron chi connectivity index (χ2n) is 12.7. The van der Waals surface area contributed by atoms with Crippen molar-refractivity contribution >= 4 is 57.1 Å². The molecule has 16 heteroatoms. The van der Waals surface area contributed by atoms with Crippen LogP contribution in [-0.4, -0.2) is 79.3 Å². The molecule has 4 heterocycles. The topological polar surface area (TPSA) is 238 Å². The first kappa shape index (κ1) is 41.8. The molecular formula is C42H42N6O10. The molecule has 0 spiro atoms. The Labute approximate surface area is 332 Å². The zero-order chi connectivity index (χ0) is 41.9. The van der Waals surface area contributed by atoms with E-state index < -0.39 is 41.9 Å². The Morgan fingerprint density at radius 2 is 1.03 bits per heavy atom. The Hall–Kier alpha value is -7.36. The number of primary amides is 2. The zero-order valence-electron chi connectivity index (χ0n) is 32.1. The molecular weight excluding hydrogens is 748 g/mol. The van der Waals surface area contributed by atoms with E-state index in [9.17, 15) is 28.8 Å². The third-order valence-electron chi connectivity index (χ3n) is 9.00. The van der Waals surface area contributed by atoms with E-state index in [-0.39, 0.29) is 36.1 Å². The third kappa shape index (κ3) is 9.18. The van der Waals surface area contributed by atoms with Crippen LogP contribution in [0.25, 0.3) is 21.8 Å². The number of nitrogens with two attached hydrogens (primary N) is 2. The predicted octanol–water partition coefficient (Wildman–Crippen LogP) is 4.04. The van der Waals surface area contributed by atoms with Crippen molar-refractivity contribution in [2.45, 2.75) is 46.7 Å². The van der Waals surface area contributed by atoms with E-state index in [1.165, 1.54) is 12.4 Å². The summed E-state index contributed by atoms with van der Waals surface area (Å²) in [5.74, 6) is -5.53. The number of benzene rings is 2. The van der Waals surface area contributed by atoms with Crippen molar-refractivity contribution in [3.63, 3.8) is 0 Å². The second-order valence-corrected chi connectivity index (χ2v) is 12.7. The Balaban J connectivity index is 0.000000221. The normalized spacial score (nSPS) is 10.7. The Morgan fingerprint density at radius 3 is 1.40 bits per heavy atom. The summed E-state index contributed by atoms with van der Waals surface area (Å²) in [7, 11) is 0. The van der Waals surface area contributed by atoms with Crippen molar-refractivity contribution in [3.05, 3.63) is 119 Å². The Kier molecular flexibility index (Phi) is 13.7. The van der Waals surface area contributed by atoms with Crippen molar-refractivity contribution in [1.29, 1.82) is 0 Å². The lowest BCUT2D eigenvalue weighted by Gasteiger charge is -2.10. The number of amides is 2. The number of Topliss-reactive ketones (excluding diaryl/α,β-unsaturated/α-hetero) is 2. The molecule has 0 fully saturated rings. The first-order valence-corrected chi connectivity index (χ1v) is 18.3. The van der Waals surface area contributed by atoms with Crippen LogP contribution in [0.1, 0.15) is 64.0 Å². The van der Waals surface area contributed by atoms with Gasteiger partial charge in [0.2, 0.25) is 11.8 Å². The minimum atomic E-state index is -1.18. The number of carboxylic acid groups (broad SMARTS) is 1. The lowest BCUT2D eigenvalue weighted by molar-refractivity contribution is -0.145. The van der Waals surface area contributed by atoms with E-state index in [2.05, 4.69) is 9.97 Å². The minimum absolute atomic E-state index is 0.0222. The van der Waals surface area contributed by atoms with Crippen molar-refractivity contribution in [2.75, 3.05) is 19.8 Å². The predicted molar refractivity (Wildman–Crippen MR) is 212 cm³/mol. The number of fused-ring (bicyclic) bond motifs is 2. The van der Waals surface area contributed by atoms with Gasteiger partial charge in [-0.25, -0.2) is 19.6 Å². The van der Waals surface area contributed by atoms with Crippen LogP contribution in [0.2, 0.25) is 0 Å². The summed E-state index contributed by atoms with van der Waals surface area (Å²) in [6.45, 7) is 5.61. The molecule has 6 aromatic rings. The number of hydrogen-bond acceptors (Lipinski definition) is 11. The second kappa shape index (κ2) is 19.0. The number of hydrogen-bond donors (Lipinski definition) is 3. The number of rotatable bonds is 17. The monoisotopic (exact) mass is 790 g/mol. The first-order valence-electron chi connectivity index (χ1n) is 18.3. The molecule has 0 bridgehead atoms. The van der Waals surface area contributed by atoms with Crippen LogP contribution in [0.5, 0.6) is 11.8 Å². The largest absolute Gasteiger partial charge is 0.479 e. The fourth-order valence-corrected chi connectivity index (χ4v) is 6.68. The molecule has 0 saturated carbocycles. The Morgan fingerprint density at radius 1 is 0.621 bits per heavy atom. The molecule has 2 aromatic carbocycles. The highest BCUT2D eigenvalue weighted by molar-refractivity contribution is 6.45. The minimum Gasteiger partial charge on any atom is -0.479 e. The smallest absolute Gasteiger partial charge is 0.344 e. The highest BCUT2D eigenvalue weighted by Crippen LogP contribution is 2.35. The summed E-state index contributed by atoms with van der Waals surface area (Å²) < 4.78 is 19.6. The number of aromatic nitrogens is 4. The van der Waals surface area contributed by atoms with E-state index in [0.717, 1.165) is 11.1 Å². The highest BCUT2D eigenvalue weighted by atomic mass is 16.6. The molecule has 5 N–H and O–H groups in total. The Bertz CT molecular complexity index is 2490. The molecule has 0 radical (unpaired) electrons. The van der Waals surface area contributed by atoms with Gasteiger partial charge in [0, 0.05) is 36.9 Å². The number of ketones is 2. The number of aliphatic carboxylic acids is 1. The number of carboxylic acids is 1. The van der Waals surface area contributed by atoms with Gasteiger partial charge < -0.3 is 39.9 Å². The fourth-order valence-electron chi connectivity index (χ4n) is 6.68. The average Bonchev–Trinajstić information content (AvgIpc) is 3.71. The van der Waals surface area contributed by atoms with Crippen LogP contribution in [0.15, 0.2) is 85.2 Å². The number of carbonyl (C=O) groups excluding carboxylic acids is 5. The van der Waals surface area contributed by atoms with Crippen molar-refractivity contribution in [3.8, 4) is 11.8 Å². The summed E-state index contributed by atoms with van der Waals surface area (Å²) >= 11 is 0. The molecule has 6 rings (SSSR count). The van der Waals surface area contributed by atoms with Crippen molar-refractivity contribution in [1.82, 2.24) is 19.1 Å². The van der Waals surface area contributed by atoms with E-state index in [4.69, 9.17) is 30.8 Å². The molecule has 300 valence electrons. The first-order chi connectivity index (χ1) is 27.9. The standard InChI is InChI=1S/C22H23N3O5.C20H19N3O5/c1-3-15-18(20(27)21(23)28)19-16(25(15)12-14-8-6-5-7-9-14)10-11-24-22(19)30-13-17(26)29-4-2;1-2-13-16(18(26)19(21)27)17-14(8-9-22-20(17)28-11-15(24)25)23(13)10-12-6-4-3-5-7-12/h5-11H,3-4,12-13H2,1-2H3,(H2,23,28);3-9H,2,10-11H2,1H3,(H2,21,27)(H,24,25). The van der Waals surface area contributed by atoms with Gasteiger partial charge in [0.1, 0.15) is 0 Å². The number of ether oxygens (including phenoxy) is 3. The quantitative estimate of drug-likeness (QED) is 0.0674. The molecule has 0 aliphatic heterocycles. The molecule has 0 saturated heterocycles. The maximum atomic E-state index is 12.7. The van der Waals surface area contributed by atoms with Crippen LogP contribution < -0.4 is 20.9 Å². The van der Waals surface area contributed by atoms with E-state index >= 15 is 0 Å². The zero-order valence-corrected chi connectivity index (χ0v) is 32.1. The van der Waals surface area contributed by atoms with Crippen LogP contribution in [-0.2, 0) is 49.8 Å². The molecule has 0 atom stereocenters. The molecule has 58 heavy (non-hydrogen) atoms. The maximum Gasteiger partial charge on any atom is 0.344 e. The van der Waals surface area contributed by atoms with Crippen LogP contribution in [0.3, 0.4) is 0 Å². The van der Waals surface area contributed by atoms with Crippen LogP contribution in [0, 0.1) is 0 Å². The van der Waals surface area contributed by atoms with Crippen LogP contribution >= 0.6 is 0 Å². The van der Waals surface area contributed by atoms with Gasteiger partial charge in [-0.15, -0.1) is 0 Å². The van der Waals surface area contributed by atoms with Gasteiger partial charge in [0.05, 0.1) is 39.5 Å². The summed E-state index contributed by atoms with van der Waals surface area (Å²) in [6.07, 6.45) is 3.93. The summed E-state index contributed by atoms with van der Waals surface area (Å²) in [6, 6.07) is 22.8. The van der Waals surface area contributed by atoms with E-state index in [1.807, 2.05) is 83.6 Å². The summed E-state index contributed by atoms with van der Waals surface area (Å²) in [5.41, 5.74) is 15.4. The van der Waals surface area contributed by atoms with Gasteiger partial charge in [0.25, 0.3) is 23.4 Å². The lowest BCUT2D eigenvalue weighted by atomic mass is 10.1. The number of esters is 1. The maximum absolute atomic E-state index is 12.7. The SMILES string of the molecule is CCOC(=O)COc1nccc2c1c(C(=O)C(N)=O)c(CC)n2Cc1ccccc1.CCc1c(C(=O)C(N)=O)c2c(OCC(=O)O)nccc2n1Cc1ccccc1. The van der Waals surface area contributed by atoms with Crippen molar-refractivity contribution < 1.29 is 48.1 Å². The van der Waals surface area contributed by atoms with Crippen molar-refractivity contribution in [2.24, 2.45) is 11.5 Å². The number of nitrogens with zero attached hydrogens (tertiary/aromatic N) is 4. The average molecular weight is 791 g/mol. The fraction of sp³-hybridized carbons (Fsp3) is 0.238. The lowest BCUT2D eigenvalue weighted by Crippen LogP contribution is -2.24. The number of pyridine rings is 2. The molecule has 4 aromatic heterocycles. The van der Waals surface area contributed by atoms with Gasteiger partial charge in [-0.2, -0.15) is 0 Å². The molecule has 16 nitrogen and oxygen atoms in total. The van der Waals surface area contributed by atoms with E-state index in [0.29, 0.717) is 59.1 Å². The van der Waals surface area contributed by atoms with Crippen LogP contribution in [0.4, 0.5) is 0 Å². The molecule has 2 amide bonds. The molecule has 0 aliphatic rings. The van der Waals surface area contributed by atoms with Gasteiger partial charge >= 0.3 is 11.9 Å². The summed E-state index contributed by atoms with van der Waals surface area (Å²) in [5, 5.41) is 9.57. The van der Waals surface area contributed by atoms with Gasteiger partial charge in [-0.3, -0.25) is 19.2 Å². The number of carbonyl (C=O) groups is 6.